The van der Waals surface area contributed by atoms with Crippen LogP contribution in [0.4, 0.5) is 5.69 Å². The highest BCUT2D eigenvalue weighted by Crippen LogP contribution is 2.31. The summed E-state index contributed by atoms with van der Waals surface area (Å²) in [5, 5.41) is 16.4. The van der Waals surface area contributed by atoms with Crippen LogP contribution in [0.3, 0.4) is 0 Å². The molecular formula is C22H25N3O3. The van der Waals surface area contributed by atoms with E-state index in [0.29, 0.717) is 25.1 Å². The van der Waals surface area contributed by atoms with Crippen LogP contribution in [0, 0.1) is 12.8 Å². The molecule has 6 heteroatoms. The zero-order valence-corrected chi connectivity index (χ0v) is 16.4. The first-order valence-corrected chi connectivity index (χ1v) is 9.52. The van der Waals surface area contributed by atoms with Crippen molar-refractivity contribution in [1.29, 1.82) is 0 Å². The highest BCUT2D eigenvalue weighted by atomic mass is 16.5. The van der Waals surface area contributed by atoms with Gasteiger partial charge in [0.15, 0.2) is 0 Å². The number of hydrogen-bond acceptors (Lipinski definition) is 5. The standard InChI is InChI=1S/C22H25N3O3/c1-14-10-16(28-23-14)11-15-12-25(13-21(15)26)22(27)19-8-9-20(24(2)3)18-7-5-4-6-17(18)19/h4-10,15,21,26H,11-13H2,1-3H3/t15-,21+/m1/s1. The number of aromatic nitrogens is 1. The number of aryl methyl sites for hydroxylation is 1. The first-order chi connectivity index (χ1) is 13.4. The summed E-state index contributed by atoms with van der Waals surface area (Å²) in [6, 6.07) is 13.7. The van der Waals surface area contributed by atoms with Crippen LogP contribution in [-0.4, -0.2) is 54.4 Å². The summed E-state index contributed by atoms with van der Waals surface area (Å²) in [4.78, 5) is 17.0. The van der Waals surface area contributed by atoms with Gasteiger partial charge in [0.2, 0.25) is 0 Å². The molecule has 2 atom stereocenters. The predicted octanol–water partition coefficient (Wildman–Crippen LogP) is 2.88. The minimum absolute atomic E-state index is 0.0446. The third-order valence-corrected chi connectivity index (χ3v) is 5.45. The Balaban J connectivity index is 1.59. The Kier molecular flexibility index (Phi) is 4.81. The molecule has 28 heavy (non-hydrogen) atoms. The Hall–Kier alpha value is -2.86. The number of hydrogen-bond donors (Lipinski definition) is 1. The fraction of sp³-hybridized carbons (Fsp3) is 0.364. The maximum atomic E-state index is 13.3. The minimum atomic E-state index is -0.568. The normalized spacial score (nSPS) is 19.4. The van der Waals surface area contributed by atoms with Crippen molar-refractivity contribution in [3.05, 3.63) is 59.5 Å². The van der Waals surface area contributed by atoms with Crippen LogP contribution < -0.4 is 4.90 Å². The fourth-order valence-electron chi connectivity index (χ4n) is 4.02. The number of amides is 1. The van der Waals surface area contributed by atoms with Crippen LogP contribution in [0.15, 0.2) is 47.0 Å². The number of fused-ring (bicyclic) bond motifs is 1. The quantitative estimate of drug-likeness (QED) is 0.755. The molecule has 0 radical (unpaired) electrons. The number of anilines is 1. The minimum Gasteiger partial charge on any atom is -0.391 e. The van der Waals surface area contributed by atoms with Crippen LogP contribution in [0.5, 0.6) is 0 Å². The molecule has 0 saturated carbocycles. The number of rotatable bonds is 4. The first-order valence-electron chi connectivity index (χ1n) is 9.52. The second-order valence-electron chi connectivity index (χ2n) is 7.75. The molecular weight excluding hydrogens is 354 g/mol. The SMILES string of the molecule is Cc1cc(C[C@@H]2CN(C(=O)c3ccc(N(C)C)c4ccccc34)C[C@@H]2O)on1. The molecule has 1 amide bonds. The average Bonchev–Trinajstić information content (AvgIpc) is 3.26. The lowest BCUT2D eigenvalue weighted by Crippen LogP contribution is -2.29. The molecule has 1 aliphatic rings. The van der Waals surface area contributed by atoms with Gasteiger partial charge >= 0.3 is 0 Å². The van der Waals surface area contributed by atoms with Gasteiger partial charge in [-0.1, -0.05) is 29.4 Å². The molecule has 1 N–H and O–H groups in total. The molecule has 146 valence electrons. The molecule has 2 heterocycles. The van der Waals surface area contributed by atoms with Crippen molar-refractivity contribution in [2.24, 2.45) is 5.92 Å². The number of carbonyl (C=O) groups is 1. The highest BCUT2D eigenvalue weighted by molar-refractivity contribution is 6.10. The number of likely N-dealkylation sites (tertiary alicyclic amines) is 1. The van der Waals surface area contributed by atoms with Gasteiger partial charge < -0.3 is 19.4 Å². The largest absolute Gasteiger partial charge is 0.391 e. The average molecular weight is 379 g/mol. The van der Waals surface area contributed by atoms with E-state index in [1.165, 1.54) is 0 Å². The predicted molar refractivity (Wildman–Crippen MR) is 109 cm³/mol. The first kappa shape index (κ1) is 18.5. The monoisotopic (exact) mass is 379 g/mol. The number of nitrogens with zero attached hydrogens (tertiary/aromatic N) is 3. The van der Waals surface area contributed by atoms with Crippen molar-refractivity contribution < 1.29 is 14.4 Å². The summed E-state index contributed by atoms with van der Waals surface area (Å²) >= 11 is 0. The van der Waals surface area contributed by atoms with Gasteiger partial charge in [-0.3, -0.25) is 4.79 Å². The molecule has 1 fully saturated rings. The van der Waals surface area contributed by atoms with Crippen molar-refractivity contribution in [3.8, 4) is 0 Å². The van der Waals surface area contributed by atoms with Crippen LogP contribution in [-0.2, 0) is 6.42 Å². The van der Waals surface area contributed by atoms with E-state index in [4.69, 9.17) is 4.52 Å². The van der Waals surface area contributed by atoms with Crippen LogP contribution in [0.2, 0.25) is 0 Å². The van der Waals surface area contributed by atoms with Crippen molar-refractivity contribution >= 4 is 22.4 Å². The number of β-amino-alcohol motifs (C(OH)–C–C–N with tert-alkyl or cyclic N) is 1. The van der Waals surface area contributed by atoms with Gasteiger partial charge in [0.25, 0.3) is 5.91 Å². The van der Waals surface area contributed by atoms with Gasteiger partial charge in [-0.25, -0.2) is 0 Å². The fourth-order valence-corrected chi connectivity index (χ4v) is 4.02. The Morgan fingerprint density at radius 1 is 1.21 bits per heavy atom. The van der Waals surface area contributed by atoms with E-state index in [2.05, 4.69) is 5.16 Å². The third kappa shape index (κ3) is 3.36. The van der Waals surface area contributed by atoms with Crippen LogP contribution in [0.25, 0.3) is 10.8 Å². The molecule has 0 spiro atoms. The summed E-state index contributed by atoms with van der Waals surface area (Å²) in [5.74, 6) is 0.650. The smallest absolute Gasteiger partial charge is 0.254 e. The topological polar surface area (TPSA) is 69.8 Å². The van der Waals surface area contributed by atoms with Gasteiger partial charge in [-0.05, 0) is 24.4 Å². The second kappa shape index (κ2) is 7.28. The summed E-state index contributed by atoms with van der Waals surface area (Å²) in [6.45, 7) is 2.71. The van der Waals surface area contributed by atoms with E-state index >= 15 is 0 Å². The molecule has 6 nitrogen and oxygen atoms in total. The lowest BCUT2D eigenvalue weighted by molar-refractivity contribution is 0.0766. The lowest BCUT2D eigenvalue weighted by Gasteiger charge is -2.20. The summed E-state index contributed by atoms with van der Waals surface area (Å²) in [6.07, 6.45) is 0.00760. The Labute approximate surface area is 164 Å². The Morgan fingerprint density at radius 2 is 1.96 bits per heavy atom. The number of carbonyl (C=O) groups excluding carboxylic acids is 1. The molecule has 1 aliphatic heterocycles. The van der Waals surface area contributed by atoms with Gasteiger partial charge in [-0.2, -0.15) is 0 Å². The van der Waals surface area contributed by atoms with Gasteiger partial charge in [0.05, 0.1) is 11.8 Å². The summed E-state index contributed by atoms with van der Waals surface area (Å²) in [7, 11) is 3.99. The molecule has 0 bridgehead atoms. The zero-order chi connectivity index (χ0) is 19.8. The number of aliphatic hydroxyl groups excluding tert-OH is 1. The van der Waals surface area contributed by atoms with Gasteiger partial charge in [0, 0.05) is 62.2 Å². The molecule has 0 unspecified atom stereocenters. The van der Waals surface area contributed by atoms with E-state index in [1.54, 1.807) is 4.90 Å². The van der Waals surface area contributed by atoms with E-state index in [1.807, 2.05) is 68.4 Å². The summed E-state index contributed by atoms with van der Waals surface area (Å²) in [5.41, 5.74) is 2.57. The lowest BCUT2D eigenvalue weighted by atomic mass is 10.0. The van der Waals surface area contributed by atoms with Crippen molar-refractivity contribution in [2.75, 3.05) is 32.1 Å². The molecule has 2 aromatic carbocycles. The van der Waals surface area contributed by atoms with E-state index in [-0.39, 0.29) is 11.8 Å². The zero-order valence-electron chi connectivity index (χ0n) is 16.4. The summed E-state index contributed by atoms with van der Waals surface area (Å²) < 4.78 is 5.28. The molecule has 3 aromatic rings. The third-order valence-electron chi connectivity index (χ3n) is 5.45. The molecule has 1 aromatic heterocycles. The van der Waals surface area contributed by atoms with E-state index in [9.17, 15) is 9.90 Å². The molecule has 1 saturated heterocycles. The van der Waals surface area contributed by atoms with Crippen molar-refractivity contribution in [1.82, 2.24) is 10.1 Å². The van der Waals surface area contributed by atoms with Crippen LogP contribution >= 0.6 is 0 Å². The van der Waals surface area contributed by atoms with E-state index in [0.717, 1.165) is 27.9 Å². The molecule has 0 aliphatic carbocycles. The van der Waals surface area contributed by atoms with Crippen molar-refractivity contribution in [3.63, 3.8) is 0 Å². The van der Waals surface area contributed by atoms with E-state index < -0.39 is 6.10 Å². The van der Waals surface area contributed by atoms with Gasteiger partial charge in [0.1, 0.15) is 5.76 Å². The Bertz CT molecular complexity index is 1010. The number of aliphatic hydroxyl groups is 1. The highest BCUT2D eigenvalue weighted by Gasteiger charge is 2.35. The maximum absolute atomic E-state index is 13.3. The number of benzene rings is 2. The maximum Gasteiger partial charge on any atom is 0.254 e. The van der Waals surface area contributed by atoms with Gasteiger partial charge in [-0.15, -0.1) is 0 Å². The second-order valence-corrected chi connectivity index (χ2v) is 7.75. The van der Waals surface area contributed by atoms with Crippen LogP contribution in [0.1, 0.15) is 21.8 Å². The Morgan fingerprint density at radius 3 is 2.64 bits per heavy atom. The van der Waals surface area contributed by atoms with Crippen molar-refractivity contribution in [2.45, 2.75) is 19.4 Å². The molecule has 4 rings (SSSR count).